The van der Waals surface area contributed by atoms with Gasteiger partial charge >= 0.3 is 0 Å². The van der Waals surface area contributed by atoms with Crippen molar-refractivity contribution in [3.63, 3.8) is 0 Å². The van der Waals surface area contributed by atoms with E-state index in [1.54, 1.807) is 12.1 Å². The molecule has 0 aliphatic heterocycles. The van der Waals surface area contributed by atoms with Gasteiger partial charge in [-0.3, -0.25) is 9.59 Å². The highest BCUT2D eigenvalue weighted by Crippen LogP contribution is 2.34. The first-order chi connectivity index (χ1) is 9.01. The quantitative estimate of drug-likeness (QED) is 0.809. The van der Waals surface area contributed by atoms with E-state index in [9.17, 15) is 19.8 Å². The number of phenols is 1. The second-order valence-electron chi connectivity index (χ2n) is 4.26. The van der Waals surface area contributed by atoms with E-state index in [0.717, 1.165) is 18.8 Å². The SMILES string of the molecule is CCN(CC)c1ccc(-c2c(O)c(=O)c2=O)c(O)c1. The van der Waals surface area contributed by atoms with Crippen LogP contribution in [0.25, 0.3) is 11.1 Å². The monoisotopic (exact) mass is 261 g/mol. The number of anilines is 1. The van der Waals surface area contributed by atoms with Crippen LogP contribution in [0.2, 0.25) is 0 Å². The Morgan fingerprint density at radius 1 is 1.05 bits per heavy atom. The largest absolute Gasteiger partial charge is 0.507 e. The Balaban J connectivity index is 2.47. The Bertz CT molecular complexity index is 679. The van der Waals surface area contributed by atoms with Crippen LogP contribution in [0.5, 0.6) is 11.5 Å². The molecule has 0 radical (unpaired) electrons. The van der Waals surface area contributed by atoms with Crippen LogP contribution >= 0.6 is 0 Å². The summed E-state index contributed by atoms with van der Waals surface area (Å²) in [5, 5.41) is 19.3. The molecule has 0 unspecified atom stereocenters. The molecule has 0 amide bonds. The molecule has 0 aromatic heterocycles. The molecule has 5 nitrogen and oxygen atoms in total. The average molecular weight is 261 g/mol. The summed E-state index contributed by atoms with van der Waals surface area (Å²) in [6, 6.07) is 4.82. The summed E-state index contributed by atoms with van der Waals surface area (Å²) in [4.78, 5) is 24.4. The molecule has 0 bridgehead atoms. The number of hydrogen-bond acceptors (Lipinski definition) is 5. The molecule has 0 aliphatic rings. The molecule has 2 aromatic rings. The molecule has 2 N–H and O–H groups in total. The number of hydrogen-bond donors (Lipinski definition) is 2. The van der Waals surface area contributed by atoms with E-state index >= 15 is 0 Å². The smallest absolute Gasteiger partial charge is 0.268 e. The summed E-state index contributed by atoms with van der Waals surface area (Å²) >= 11 is 0. The van der Waals surface area contributed by atoms with Gasteiger partial charge in [0.15, 0.2) is 5.75 Å². The van der Waals surface area contributed by atoms with Crippen LogP contribution in [-0.2, 0) is 0 Å². The summed E-state index contributed by atoms with van der Waals surface area (Å²) < 4.78 is 0. The molecule has 5 heteroatoms. The van der Waals surface area contributed by atoms with Crippen LogP contribution < -0.4 is 15.8 Å². The minimum absolute atomic E-state index is 0.103. The van der Waals surface area contributed by atoms with E-state index in [0.29, 0.717) is 0 Å². The van der Waals surface area contributed by atoms with Crippen molar-refractivity contribution in [1.29, 1.82) is 0 Å². The molecule has 0 aliphatic carbocycles. The van der Waals surface area contributed by atoms with Crippen molar-refractivity contribution in [2.75, 3.05) is 18.0 Å². The summed E-state index contributed by atoms with van der Waals surface area (Å²) in [5.74, 6) is -0.692. The molecule has 0 fully saturated rings. The zero-order chi connectivity index (χ0) is 14.2. The Morgan fingerprint density at radius 3 is 2.16 bits per heavy atom. The fraction of sp³-hybridized carbons (Fsp3) is 0.286. The van der Waals surface area contributed by atoms with E-state index in [4.69, 9.17) is 0 Å². The third-order valence-corrected chi connectivity index (χ3v) is 3.26. The van der Waals surface area contributed by atoms with Crippen LogP contribution in [0.1, 0.15) is 13.8 Å². The molecule has 0 atom stereocenters. The third-order valence-electron chi connectivity index (χ3n) is 3.26. The van der Waals surface area contributed by atoms with Gasteiger partial charge in [-0.2, -0.15) is 0 Å². The Morgan fingerprint density at radius 2 is 1.68 bits per heavy atom. The number of nitrogens with zero attached hydrogens (tertiary/aromatic N) is 1. The van der Waals surface area contributed by atoms with E-state index in [2.05, 4.69) is 0 Å². The number of rotatable bonds is 4. The second kappa shape index (κ2) is 4.76. The molecule has 0 heterocycles. The van der Waals surface area contributed by atoms with Gasteiger partial charge in [0.2, 0.25) is 5.43 Å². The lowest BCUT2D eigenvalue weighted by Crippen LogP contribution is -2.31. The third kappa shape index (κ3) is 1.97. The zero-order valence-electron chi connectivity index (χ0n) is 10.8. The summed E-state index contributed by atoms with van der Waals surface area (Å²) in [5.41, 5.74) is -0.748. The average Bonchev–Trinajstić information content (AvgIpc) is 2.42. The molecule has 0 saturated carbocycles. The maximum atomic E-state index is 11.4. The van der Waals surface area contributed by atoms with Gasteiger partial charge in [0.25, 0.3) is 5.43 Å². The highest BCUT2D eigenvalue weighted by atomic mass is 16.3. The van der Waals surface area contributed by atoms with Gasteiger partial charge in [-0.05, 0) is 26.0 Å². The lowest BCUT2D eigenvalue weighted by Gasteiger charge is -2.21. The second-order valence-corrected chi connectivity index (χ2v) is 4.26. The number of phenolic OH excluding ortho intramolecular Hbond substituents is 1. The molecular formula is C14H15NO4. The summed E-state index contributed by atoms with van der Waals surface area (Å²) in [7, 11) is 0. The van der Waals surface area contributed by atoms with Crippen molar-refractivity contribution in [2.45, 2.75) is 13.8 Å². The normalized spacial score (nSPS) is 10.8. The molecule has 0 spiro atoms. The van der Waals surface area contributed by atoms with Crippen molar-refractivity contribution in [3.05, 3.63) is 38.6 Å². The zero-order valence-corrected chi connectivity index (χ0v) is 10.8. The molecule has 100 valence electrons. The van der Waals surface area contributed by atoms with Crippen LogP contribution in [-0.4, -0.2) is 23.3 Å². The summed E-state index contributed by atoms with van der Waals surface area (Å²) in [6.07, 6.45) is 0. The lowest BCUT2D eigenvalue weighted by molar-refractivity contribution is 0.460. The molecule has 19 heavy (non-hydrogen) atoms. The van der Waals surface area contributed by atoms with Crippen LogP contribution in [0.4, 0.5) is 5.69 Å². The number of aromatic hydroxyl groups is 2. The molecular weight excluding hydrogens is 246 g/mol. The summed E-state index contributed by atoms with van der Waals surface area (Å²) in [6.45, 7) is 5.58. The Kier molecular flexibility index (Phi) is 3.29. The highest BCUT2D eigenvalue weighted by molar-refractivity contribution is 5.79. The van der Waals surface area contributed by atoms with Crippen molar-refractivity contribution < 1.29 is 10.2 Å². The van der Waals surface area contributed by atoms with Gasteiger partial charge in [-0.25, -0.2) is 0 Å². The van der Waals surface area contributed by atoms with Gasteiger partial charge in [-0.15, -0.1) is 0 Å². The topological polar surface area (TPSA) is 77.8 Å². The highest BCUT2D eigenvalue weighted by Gasteiger charge is 2.24. The Hall–Kier alpha value is -2.30. The number of benzene rings is 1. The predicted octanol–water partition coefficient (Wildman–Crippen LogP) is 1.21. The van der Waals surface area contributed by atoms with Crippen molar-refractivity contribution in [2.24, 2.45) is 0 Å². The van der Waals surface area contributed by atoms with Gasteiger partial charge < -0.3 is 15.1 Å². The van der Waals surface area contributed by atoms with Gasteiger partial charge in [0.05, 0.1) is 5.56 Å². The van der Waals surface area contributed by atoms with Crippen molar-refractivity contribution in [3.8, 4) is 22.6 Å². The van der Waals surface area contributed by atoms with Gasteiger partial charge in [-0.1, -0.05) is 0 Å². The van der Waals surface area contributed by atoms with E-state index in [1.165, 1.54) is 6.07 Å². The van der Waals surface area contributed by atoms with E-state index in [-0.39, 0.29) is 16.9 Å². The van der Waals surface area contributed by atoms with Gasteiger partial charge in [0.1, 0.15) is 5.75 Å². The first-order valence-corrected chi connectivity index (χ1v) is 6.11. The first-order valence-electron chi connectivity index (χ1n) is 6.11. The van der Waals surface area contributed by atoms with Crippen LogP contribution in [0, 0.1) is 0 Å². The fourth-order valence-electron chi connectivity index (χ4n) is 2.15. The molecule has 0 saturated heterocycles. The van der Waals surface area contributed by atoms with E-state index in [1.807, 2.05) is 18.7 Å². The van der Waals surface area contributed by atoms with Gasteiger partial charge in [0, 0.05) is 30.4 Å². The lowest BCUT2D eigenvalue weighted by atomic mass is 9.98. The standard InChI is InChI=1S/C14H15NO4/c1-3-15(4-2)8-5-6-9(10(16)7-8)11-12(17)14(19)13(11)18/h5-7,16-17H,3-4H2,1-2H3. The maximum absolute atomic E-state index is 11.4. The van der Waals surface area contributed by atoms with E-state index < -0.39 is 16.6 Å². The maximum Gasteiger partial charge on any atom is 0.268 e. The molecule has 2 aromatic carbocycles. The van der Waals surface area contributed by atoms with Crippen LogP contribution in [0.3, 0.4) is 0 Å². The van der Waals surface area contributed by atoms with Crippen LogP contribution in [0.15, 0.2) is 27.8 Å². The minimum atomic E-state index is -0.901. The van der Waals surface area contributed by atoms with Crippen molar-refractivity contribution >= 4 is 5.69 Å². The predicted molar refractivity (Wildman–Crippen MR) is 73.7 cm³/mol. The fourth-order valence-corrected chi connectivity index (χ4v) is 2.15. The minimum Gasteiger partial charge on any atom is -0.507 e. The van der Waals surface area contributed by atoms with Crippen molar-refractivity contribution in [1.82, 2.24) is 0 Å². The molecule has 2 rings (SSSR count). The first kappa shape index (κ1) is 13.1. The Labute approximate surface area is 110 Å².